The SMILES string of the molecule is CCCS(=O)(=O)NC1CCC(C)CC1. The highest BCUT2D eigenvalue weighted by atomic mass is 32.2. The fourth-order valence-corrected chi connectivity index (χ4v) is 3.36. The zero-order chi connectivity index (χ0) is 10.6. The second-order valence-corrected chi connectivity index (χ2v) is 6.27. The first-order valence-electron chi connectivity index (χ1n) is 5.53. The largest absolute Gasteiger partial charge is 0.212 e. The lowest BCUT2D eigenvalue weighted by atomic mass is 9.88. The van der Waals surface area contributed by atoms with Crippen molar-refractivity contribution in [2.75, 3.05) is 5.75 Å². The van der Waals surface area contributed by atoms with Crippen LogP contribution in [-0.4, -0.2) is 20.2 Å². The first-order chi connectivity index (χ1) is 6.53. The van der Waals surface area contributed by atoms with Gasteiger partial charge in [-0.05, 0) is 38.0 Å². The molecule has 1 aliphatic rings. The molecule has 1 fully saturated rings. The van der Waals surface area contributed by atoms with E-state index in [4.69, 9.17) is 0 Å². The van der Waals surface area contributed by atoms with Crippen molar-refractivity contribution in [2.45, 2.75) is 52.0 Å². The number of rotatable bonds is 4. The monoisotopic (exact) mass is 219 g/mol. The summed E-state index contributed by atoms with van der Waals surface area (Å²) in [5.74, 6) is 1.03. The third kappa shape index (κ3) is 3.96. The fourth-order valence-electron chi connectivity index (χ4n) is 1.96. The van der Waals surface area contributed by atoms with Gasteiger partial charge in [0.2, 0.25) is 10.0 Å². The quantitative estimate of drug-likeness (QED) is 0.785. The highest BCUT2D eigenvalue weighted by Gasteiger charge is 2.21. The maximum Gasteiger partial charge on any atom is 0.211 e. The molecule has 0 amide bonds. The molecular formula is C10H21NO2S. The van der Waals surface area contributed by atoms with Crippen LogP contribution < -0.4 is 4.72 Å². The maximum absolute atomic E-state index is 11.5. The van der Waals surface area contributed by atoms with Crippen LogP contribution in [0.25, 0.3) is 0 Å². The summed E-state index contributed by atoms with van der Waals surface area (Å²) in [4.78, 5) is 0. The Hall–Kier alpha value is -0.0900. The van der Waals surface area contributed by atoms with Crippen molar-refractivity contribution >= 4 is 10.0 Å². The van der Waals surface area contributed by atoms with E-state index in [2.05, 4.69) is 11.6 Å². The molecule has 14 heavy (non-hydrogen) atoms. The average Bonchev–Trinajstić information content (AvgIpc) is 2.08. The van der Waals surface area contributed by atoms with Crippen molar-refractivity contribution in [1.82, 2.24) is 4.72 Å². The molecule has 1 N–H and O–H groups in total. The van der Waals surface area contributed by atoms with Crippen LogP contribution in [0.5, 0.6) is 0 Å². The van der Waals surface area contributed by atoms with Gasteiger partial charge in [-0.15, -0.1) is 0 Å². The Morgan fingerprint density at radius 2 is 1.79 bits per heavy atom. The summed E-state index contributed by atoms with van der Waals surface area (Å²) < 4.78 is 25.7. The van der Waals surface area contributed by atoms with E-state index < -0.39 is 10.0 Å². The van der Waals surface area contributed by atoms with Gasteiger partial charge in [0.05, 0.1) is 5.75 Å². The molecule has 4 heteroatoms. The van der Waals surface area contributed by atoms with Gasteiger partial charge in [0, 0.05) is 6.04 Å². The number of sulfonamides is 1. The van der Waals surface area contributed by atoms with Gasteiger partial charge < -0.3 is 0 Å². The minimum atomic E-state index is -3.00. The first-order valence-corrected chi connectivity index (χ1v) is 7.18. The van der Waals surface area contributed by atoms with E-state index in [9.17, 15) is 8.42 Å². The average molecular weight is 219 g/mol. The van der Waals surface area contributed by atoms with Gasteiger partial charge in [0.25, 0.3) is 0 Å². The van der Waals surface area contributed by atoms with Gasteiger partial charge in [-0.3, -0.25) is 0 Å². The molecule has 1 saturated carbocycles. The molecule has 0 spiro atoms. The lowest BCUT2D eigenvalue weighted by Gasteiger charge is -2.26. The van der Waals surface area contributed by atoms with Crippen LogP contribution in [0, 0.1) is 5.92 Å². The molecule has 0 radical (unpaired) electrons. The Kier molecular flexibility index (Phi) is 4.38. The number of hydrogen-bond acceptors (Lipinski definition) is 2. The van der Waals surface area contributed by atoms with Crippen LogP contribution in [0.3, 0.4) is 0 Å². The van der Waals surface area contributed by atoms with Crippen LogP contribution >= 0.6 is 0 Å². The van der Waals surface area contributed by atoms with Crippen molar-refractivity contribution in [3.05, 3.63) is 0 Å². The van der Waals surface area contributed by atoms with Gasteiger partial charge in [0.1, 0.15) is 0 Å². The Bertz CT molecular complexity index is 253. The Balaban J connectivity index is 2.37. The second kappa shape index (κ2) is 5.12. The van der Waals surface area contributed by atoms with Crippen molar-refractivity contribution < 1.29 is 8.42 Å². The molecule has 3 nitrogen and oxygen atoms in total. The summed E-state index contributed by atoms with van der Waals surface area (Å²) in [7, 11) is -3.00. The minimum absolute atomic E-state index is 0.197. The predicted octanol–water partition coefficient (Wildman–Crippen LogP) is 1.89. The van der Waals surface area contributed by atoms with Gasteiger partial charge >= 0.3 is 0 Å². The maximum atomic E-state index is 11.5. The summed E-state index contributed by atoms with van der Waals surface area (Å²) in [6.45, 7) is 4.12. The minimum Gasteiger partial charge on any atom is -0.212 e. The smallest absolute Gasteiger partial charge is 0.211 e. The molecule has 0 saturated heterocycles. The third-order valence-corrected chi connectivity index (χ3v) is 4.47. The van der Waals surface area contributed by atoms with E-state index >= 15 is 0 Å². The van der Waals surface area contributed by atoms with Crippen LogP contribution in [0.2, 0.25) is 0 Å². The van der Waals surface area contributed by atoms with E-state index in [1.54, 1.807) is 0 Å². The summed E-state index contributed by atoms with van der Waals surface area (Å²) in [6, 6.07) is 0.197. The van der Waals surface area contributed by atoms with E-state index in [1.807, 2.05) is 6.92 Å². The standard InChI is InChI=1S/C10H21NO2S/c1-3-8-14(12,13)11-10-6-4-9(2)5-7-10/h9-11H,3-8H2,1-2H3. The van der Waals surface area contributed by atoms with Crippen molar-refractivity contribution in [3.8, 4) is 0 Å². The summed E-state index contributed by atoms with van der Waals surface area (Å²) in [5.41, 5.74) is 0. The van der Waals surface area contributed by atoms with E-state index in [0.717, 1.165) is 31.6 Å². The van der Waals surface area contributed by atoms with Crippen LogP contribution in [0.15, 0.2) is 0 Å². The Labute approximate surface area is 87.3 Å². The lowest BCUT2D eigenvalue weighted by Crippen LogP contribution is -2.38. The predicted molar refractivity (Wildman–Crippen MR) is 58.6 cm³/mol. The first kappa shape index (κ1) is 12.0. The third-order valence-electron chi connectivity index (χ3n) is 2.83. The molecule has 0 bridgehead atoms. The lowest BCUT2D eigenvalue weighted by molar-refractivity contribution is 0.332. The molecule has 0 aliphatic heterocycles. The Morgan fingerprint density at radius 3 is 2.29 bits per heavy atom. The molecular weight excluding hydrogens is 198 g/mol. The zero-order valence-electron chi connectivity index (χ0n) is 9.12. The molecule has 0 unspecified atom stereocenters. The van der Waals surface area contributed by atoms with Crippen LogP contribution in [-0.2, 0) is 10.0 Å². The second-order valence-electron chi connectivity index (χ2n) is 4.39. The highest BCUT2D eigenvalue weighted by Crippen LogP contribution is 2.23. The van der Waals surface area contributed by atoms with Gasteiger partial charge in [0.15, 0.2) is 0 Å². The molecule has 0 heterocycles. The van der Waals surface area contributed by atoms with Crippen LogP contribution in [0.4, 0.5) is 0 Å². The number of hydrogen-bond donors (Lipinski definition) is 1. The van der Waals surface area contributed by atoms with E-state index in [1.165, 1.54) is 0 Å². The van der Waals surface area contributed by atoms with Gasteiger partial charge in [-0.25, -0.2) is 13.1 Å². The number of nitrogens with one attached hydrogen (secondary N) is 1. The van der Waals surface area contributed by atoms with Crippen molar-refractivity contribution in [2.24, 2.45) is 5.92 Å². The Morgan fingerprint density at radius 1 is 1.21 bits per heavy atom. The molecule has 1 aliphatic carbocycles. The van der Waals surface area contributed by atoms with E-state index in [0.29, 0.717) is 6.42 Å². The summed E-state index contributed by atoms with van der Waals surface area (Å²) in [5, 5.41) is 0. The highest BCUT2D eigenvalue weighted by molar-refractivity contribution is 7.89. The van der Waals surface area contributed by atoms with Crippen LogP contribution in [0.1, 0.15) is 46.0 Å². The van der Waals surface area contributed by atoms with Crippen molar-refractivity contribution in [1.29, 1.82) is 0 Å². The summed E-state index contributed by atoms with van der Waals surface area (Å²) in [6.07, 6.45) is 5.01. The molecule has 0 aromatic rings. The molecule has 0 atom stereocenters. The van der Waals surface area contributed by atoms with Gasteiger partial charge in [-0.2, -0.15) is 0 Å². The topological polar surface area (TPSA) is 46.2 Å². The fraction of sp³-hybridized carbons (Fsp3) is 1.00. The van der Waals surface area contributed by atoms with Gasteiger partial charge in [-0.1, -0.05) is 13.8 Å². The molecule has 84 valence electrons. The van der Waals surface area contributed by atoms with Crippen molar-refractivity contribution in [3.63, 3.8) is 0 Å². The zero-order valence-corrected chi connectivity index (χ0v) is 9.94. The molecule has 0 aromatic heterocycles. The normalized spacial score (nSPS) is 29.0. The molecule has 1 rings (SSSR count). The summed E-state index contributed by atoms with van der Waals surface area (Å²) >= 11 is 0. The molecule has 0 aromatic carbocycles. The van der Waals surface area contributed by atoms with E-state index in [-0.39, 0.29) is 11.8 Å².